The SMILES string of the molecule is O=C(/C=C/c1ccccc1N1CCC(NCc2ccc(N3CCOCC3)nc2)CC1)NO. The molecule has 1 aromatic heterocycles. The molecule has 32 heavy (non-hydrogen) atoms. The Morgan fingerprint density at radius 1 is 1.09 bits per heavy atom. The van der Waals surface area contributed by atoms with Crippen LogP contribution >= 0.6 is 0 Å². The number of piperidine rings is 1. The summed E-state index contributed by atoms with van der Waals surface area (Å²) in [6, 6.07) is 12.7. The molecule has 1 aromatic carbocycles. The number of hydrogen-bond acceptors (Lipinski definition) is 7. The molecule has 2 aliphatic rings. The van der Waals surface area contributed by atoms with E-state index in [9.17, 15) is 4.79 Å². The monoisotopic (exact) mass is 437 g/mol. The maximum absolute atomic E-state index is 11.3. The zero-order valence-electron chi connectivity index (χ0n) is 18.2. The van der Waals surface area contributed by atoms with E-state index in [0.29, 0.717) is 6.04 Å². The van der Waals surface area contributed by atoms with Crippen molar-refractivity contribution in [1.82, 2.24) is 15.8 Å². The van der Waals surface area contributed by atoms with Crippen molar-refractivity contribution >= 4 is 23.5 Å². The summed E-state index contributed by atoms with van der Waals surface area (Å²) < 4.78 is 5.41. The quantitative estimate of drug-likeness (QED) is 0.348. The molecule has 2 aliphatic heterocycles. The summed E-state index contributed by atoms with van der Waals surface area (Å²) in [4.78, 5) is 20.6. The van der Waals surface area contributed by atoms with Crippen molar-refractivity contribution in [2.45, 2.75) is 25.4 Å². The van der Waals surface area contributed by atoms with Crippen LogP contribution in [0.4, 0.5) is 11.5 Å². The van der Waals surface area contributed by atoms with Gasteiger partial charge in [-0.3, -0.25) is 10.0 Å². The molecule has 4 rings (SSSR count). The smallest absolute Gasteiger partial charge is 0.267 e. The van der Waals surface area contributed by atoms with Crippen LogP contribution in [0.25, 0.3) is 6.08 Å². The number of aromatic nitrogens is 1. The van der Waals surface area contributed by atoms with Gasteiger partial charge in [0.15, 0.2) is 0 Å². The third-order valence-corrected chi connectivity index (χ3v) is 6.04. The van der Waals surface area contributed by atoms with Gasteiger partial charge in [0.25, 0.3) is 5.91 Å². The number of anilines is 2. The van der Waals surface area contributed by atoms with Gasteiger partial charge in [-0.2, -0.15) is 0 Å². The number of amides is 1. The molecule has 0 spiro atoms. The second-order valence-corrected chi connectivity index (χ2v) is 8.13. The first-order chi connectivity index (χ1) is 15.7. The number of hydroxylamine groups is 1. The minimum Gasteiger partial charge on any atom is -0.378 e. The molecule has 3 heterocycles. The molecular formula is C24H31N5O3. The average Bonchev–Trinajstić information content (AvgIpc) is 2.87. The van der Waals surface area contributed by atoms with Crippen LogP contribution in [0, 0.1) is 0 Å². The second-order valence-electron chi connectivity index (χ2n) is 8.13. The van der Waals surface area contributed by atoms with Gasteiger partial charge in [0.1, 0.15) is 5.82 Å². The van der Waals surface area contributed by atoms with E-state index in [4.69, 9.17) is 9.94 Å². The normalized spacial score (nSPS) is 17.7. The van der Waals surface area contributed by atoms with Crippen LogP contribution in [0.3, 0.4) is 0 Å². The highest BCUT2D eigenvalue weighted by atomic mass is 16.5. The Labute approximate surface area is 188 Å². The maximum atomic E-state index is 11.3. The van der Waals surface area contributed by atoms with Gasteiger partial charge < -0.3 is 19.9 Å². The number of para-hydroxylation sites is 1. The number of pyridine rings is 1. The van der Waals surface area contributed by atoms with Crippen molar-refractivity contribution < 1.29 is 14.7 Å². The molecule has 0 radical (unpaired) electrons. The van der Waals surface area contributed by atoms with Gasteiger partial charge in [0.2, 0.25) is 0 Å². The standard InChI is InChI=1S/C24H31N5O3/c30-24(27-31)8-6-20-3-1-2-4-22(20)28-11-9-21(10-12-28)25-17-19-5-7-23(26-18-19)29-13-15-32-16-14-29/h1-8,18,21,25,31H,9-17H2,(H,27,30)/b8-6+. The lowest BCUT2D eigenvalue weighted by Crippen LogP contribution is -2.42. The van der Waals surface area contributed by atoms with Gasteiger partial charge in [-0.1, -0.05) is 24.3 Å². The first-order valence-electron chi connectivity index (χ1n) is 11.2. The van der Waals surface area contributed by atoms with E-state index in [1.807, 2.05) is 24.4 Å². The first kappa shape index (κ1) is 22.3. The van der Waals surface area contributed by atoms with Crippen molar-refractivity contribution in [3.05, 3.63) is 59.8 Å². The van der Waals surface area contributed by atoms with E-state index in [1.165, 1.54) is 11.6 Å². The van der Waals surface area contributed by atoms with Crippen LogP contribution in [0.15, 0.2) is 48.7 Å². The molecule has 0 bridgehead atoms. The fourth-order valence-corrected chi connectivity index (χ4v) is 4.21. The van der Waals surface area contributed by atoms with Gasteiger partial charge in [-0.05, 0) is 42.2 Å². The maximum Gasteiger partial charge on any atom is 0.267 e. The molecule has 0 unspecified atom stereocenters. The Balaban J connectivity index is 1.27. The first-order valence-corrected chi connectivity index (χ1v) is 11.2. The Morgan fingerprint density at radius 2 is 1.88 bits per heavy atom. The molecular weight excluding hydrogens is 406 g/mol. The lowest BCUT2D eigenvalue weighted by Gasteiger charge is -2.35. The summed E-state index contributed by atoms with van der Waals surface area (Å²) in [5.41, 5.74) is 4.90. The van der Waals surface area contributed by atoms with Gasteiger partial charge >= 0.3 is 0 Å². The summed E-state index contributed by atoms with van der Waals surface area (Å²) in [5.74, 6) is 0.490. The second kappa shape index (κ2) is 11.1. The summed E-state index contributed by atoms with van der Waals surface area (Å²) in [7, 11) is 0. The van der Waals surface area contributed by atoms with Gasteiger partial charge in [-0.15, -0.1) is 0 Å². The van der Waals surface area contributed by atoms with Crippen LogP contribution in [-0.2, 0) is 16.1 Å². The van der Waals surface area contributed by atoms with E-state index in [-0.39, 0.29) is 0 Å². The lowest BCUT2D eigenvalue weighted by atomic mass is 10.0. The number of carbonyl (C=O) groups is 1. The number of morpholine rings is 1. The fraction of sp³-hybridized carbons (Fsp3) is 0.417. The van der Waals surface area contributed by atoms with Crippen molar-refractivity contribution in [1.29, 1.82) is 0 Å². The van der Waals surface area contributed by atoms with Crippen LogP contribution < -0.4 is 20.6 Å². The summed E-state index contributed by atoms with van der Waals surface area (Å²) >= 11 is 0. The highest BCUT2D eigenvalue weighted by molar-refractivity contribution is 5.91. The average molecular weight is 438 g/mol. The highest BCUT2D eigenvalue weighted by Gasteiger charge is 2.20. The molecule has 0 saturated carbocycles. The van der Waals surface area contributed by atoms with Crippen LogP contribution in [-0.4, -0.2) is 61.5 Å². The third-order valence-electron chi connectivity index (χ3n) is 6.04. The Kier molecular flexibility index (Phi) is 7.71. The van der Waals surface area contributed by atoms with E-state index in [0.717, 1.165) is 75.8 Å². The largest absolute Gasteiger partial charge is 0.378 e. The molecule has 2 fully saturated rings. The number of benzene rings is 1. The lowest BCUT2D eigenvalue weighted by molar-refractivity contribution is -0.124. The molecule has 3 N–H and O–H groups in total. The van der Waals surface area contributed by atoms with Gasteiger partial charge in [0.05, 0.1) is 13.2 Å². The minimum absolute atomic E-state index is 0.466. The van der Waals surface area contributed by atoms with Crippen LogP contribution in [0.5, 0.6) is 0 Å². The molecule has 0 atom stereocenters. The van der Waals surface area contributed by atoms with E-state index >= 15 is 0 Å². The number of nitrogens with zero attached hydrogens (tertiary/aromatic N) is 3. The molecule has 1 amide bonds. The van der Waals surface area contributed by atoms with Crippen LogP contribution in [0.1, 0.15) is 24.0 Å². The van der Waals surface area contributed by atoms with E-state index in [1.54, 1.807) is 11.6 Å². The number of hydrogen-bond donors (Lipinski definition) is 3. The minimum atomic E-state index is -0.532. The Morgan fingerprint density at radius 3 is 2.59 bits per heavy atom. The summed E-state index contributed by atoms with van der Waals surface area (Å²) in [6.45, 7) is 6.04. The number of carbonyl (C=O) groups excluding carboxylic acids is 1. The van der Waals surface area contributed by atoms with E-state index in [2.05, 4.69) is 38.3 Å². The third kappa shape index (κ3) is 5.85. The number of ether oxygens (including phenoxy) is 1. The number of rotatable bonds is 7. The van der Waals surface area contributed by atoms with Crippen molar-refractivity contribution in [2.75, 3.05) is 49.2 Å². The molecule has 2 saturated heterocycles. The molecule has 8 nitrogen and oxygen atoms in total. The zero-order chi connectivity index (χ0) is 22.2. The summed E-state index contributed by atoms with van der Waals surface area (Å²) in [6.07, 6.45) is 7.14. The number of nitrogens with one attached hydrogen (secondary N) is 2. The molecule has 0 aliphatic carbocycles. The zero-order valence-corrected chi connectivity index (χ0v) is 18.2. The predicted molar refractivity (Wildman–Crippen MR) is 125 cm³/mol. The topological polar surface area (TPSA) is 90.0 Å². The highest BCUT2D eigenvalue weighted by Crippen LogP contribution is 2.25. The van der Waals surface area contributed by atoms with Crippen molar-refractivity contribution in [3.8, 4) is 0 Å². The van der Waals surface area contributed by atoms with Gasteiger partial charge in [-0.25, -0.2) is 10.5 Å². The van der Waals surface area contributed by atoms with Gasteiger partial charge in [0, 0.05) is 56.7 Å². The molecule has 8 heteroatoms. The van der Waals surface area contributed by atoms with Crippen molar-refractivity contribution in [2.24, 2.45) is 0 Å². The predicted octanol–water partition coefficient (Wildman–Crippen LogP) is 2.20. The van der Waals surface area contributed by atoms with Crippen molar-refractivity contribution in [3.63, 3.8) is 0 Å². The summed E-state index contributed by atoms with van der Waals surface area (Å²) in [5, 5.41) is 12.4. The molecule has 170 valence electrons. The molecule has 2 aromatic rings. The fourth-order valence-electron chi connectivity index (χ4n) is 4.21. The Bertz CT molecular complexity index is 904. The van der Waals surface area contributed by atoms with E-state index < -0.39 is 5.91 Å². The van der Waals surface area contributed by atoms with Crippen LogP contribution in [0.2, 0.25) is 0 Å². The Hall–Kier alpha value is -2.94.